The summed E-state index contributed by atoms with van der Waals surface area (Å²) in [5.41, 5.74) is 1.85. The fraction of sp³-hybridized carbons (Fsp3) is 0.286. The van der Waals surface area contributed by atoms with Gasteiger partial charge < -0.3 is 19.8 Å². The van der Waals surface area contributed by atoms with Gasteiger partial charge in [0.2, 0.25) is 5.91 Å². The first-order valence-electron chi connectivity index (χ1n) is 9.59. The van der Waals surface area contributed by atoms with E-state index in [1.165, 1.54) is 24.5 Å². The van der Waals surface area contributed by atoms with E-state index in [4.69, 9.17) is 9.47 Å². The number of thioether (sulfide) groups is 1. The average molecular weight is 475 g/mol. The number of anilines is 1. The van der Waals surface area contributed by atoms with Crippen molar-refractivity contribution in [2.45, 2.75) is 24.9 Å². The highest BCUT2D eigenvalue weighted by Gasteiger charge is 2.17. The van der Waals surface area contributed by atoms with Crippen molar-refractivity contribution in [3.63, 3.8) is 0 Å². The van der Waals surface area contributed by atoms with Crippen LogP contribution in [0.1, 0.15) is 17.0 Å². The molecule has 0 fully saturated rings. The number of hydrogen-bond donors (Lipinski definition) is 2. The molecule has 2 heterocycles. The lowest BCUT2D eigenvalue weighted by Gasteiger charge is -2.04. The van der Waals surface area contributed by atoms with Crippen molar-refractivity contribution in [1.82, 2.24) is 15.0 Å². The second-order valence-corrected chi connectivity index (χ2v) is 8.67. The number of nitrogens with one attached hydrogen (secondary N) is 2. The minimum atomic E-state index is -0.319. The molecule has 0 aliphatic heterocycles. The van der Waals surface area contributed by atoms with Gasteiger partial charge in [0.15, 0.2) is 10.3 Å². The van der Waals surface area contributed by atoms with Crippen LogP contribution in [0.2, 0.25) is 0 Å². The zero-order chi connectivity index (χ0) is 23.1. The third-order valence-corrected chi connectivity index (χ3v) is 6.18. The van der Waals surface area contributed by atoms with Gasteiger partial charge in [-0.3, -0.25) is 14.4 Å². The maximum atomic E-state index is 12.4. The molecule has 0 atom stereocenters. The Morgan fingerprint density at radius 1 is 1.19 bits per heavy atom. The molecule has 3 rings (SSSR count). The van der Waals surface area contributed by atoms with Crippen LogP contribution >= 0.6 is 23.1 Å². The van der Waals surface area contributed by atoms with Gasteiger partial charge in [-0.25, -0.2) is 9.97 Å². The van der Waals surface area contributed by atoms with Crippen LogP contribution in [0.15, 0.2) is 40.3 Å². The molecule has 1 aromatic carbocycles. The van der Waals surface area contributed by atoms with Gasteiger partial charge in [0, 0.05) is 22.2 Å². The van der Waals surface area contributed by atoms with Gasteiger partial charge in [-0.2, -0.15) is 0 Å². The van der Waals surface area contributed by atoms with Gasteiger partial charge in [0.25, 0.3) is 5.56 Å². The minimum absolute atomic E-state index is 0.0569. The lowest BCUT2D eigenvalue weighted by molar-refractivity contribution is -0.140. The number of thiazole rings is 1. The number of carbonyl (C=O) groups is 2. The van der Waals surface area contributed by atoms with Crippen LogP contribution in [-0.4, -0.2) is 46.8 Å². The predicted molar refractivity (Wildman–Crippen MR) is 123 cm³/mol. The second-order valence-electron chi connectivity index (χ2n) is 6.62. The van der Waals surface area contributed by atoms with Crippen molar-refractivity contribution in [2.75, 3.05) is 25.3 Å². The Labute approximate surface area is 192 Å². The molecule has 1 amide bonds. The van der Waals surface area contributed by atoms with Crippen LogP contribution in [0, 0.1) is 6.92 Å². The monoisotopic (exact) mass is 474 g/mol. The van der Waals surface area contributed by atoms with Crippen molar-refractivity contribution < 1.29 is 19.1 Å². The number of methoxy groups -OCH3 is 2. The molecule has 0 saturated carbocycles. The standard InChI is InChI=1S/C21H22N4O5S2/c1-12-10-16(26)23-20(22-12)31-11-17(27)24-21-25-19(13-4-6-14(29-2)7-5-13)15(32-21)8-9-18(28)30-3/h4-7,10H,8-9,11H2,1-3H3,(H,22,23,26)(H,24,25,27). The van der Waals surface area contributed by atoms with E-state index in [9.17, 15) is 14.4 Å². The van der Waals surface area contributed by atoms with Crippen LogP contribution in [0.5, 0.6) is 5.75 Å². The summed E-state index contributed by atoms with van der Waals surface area (Å²) in [4.78, 5) is 47.8. The Morgan fingerprint density at radius 3 is 2.59 bits per heavy atom. The summed E-state index contributed by atoms with van der Waals surface area (Å²) < 4.78 is 9.93. The maximum absolute atomic E-state index is 12.4. The molecule has 0 aliphatic carbocycles. The number of benzene rings is 1. The largest absolute Gasteiger partial charge is 0.497 e. The summed E-state index contributed by atoms with van der Waals surface area (Å²) in [6, 6.07) is 8.77. The van der Waals surface area contributed by atoms with Crippen molar-refractivity contribution in [3.05, 3.63) is 51.3 Å². The van der Waals surface area contributed by atoms with E-state index in [-0.39, 0.29) is 29.6 Å². The van der Waals surface area contributed by atoms with Crippen LogP contribution in [-0.2, 0) is 20.7 Å². The number of carbonyl (C=O) groups excluding carboxylic acids is 2. The number of esters is 1. The molecule has 0 saturated heterocycles. The minimum Gasteiger partial charge on any atom is -0.497 e. The topological polar surface area (TPSA) is 123 Å². The number of aromatic nitrogens is 3. The Bertz CT molecular complexity index is 1160. The summed E-state index contributed by atoms with van der Waals surface area (Å²) in [5, 5.41) is 3.58. The molecule has 0 radical (unpaired) electrons. The number of hydrogen-bond acceptors (Lipinski definition) is 9. The molecular weight excluding hydrogens is 452 g/mol. The highest BCUT2D eigenvalue weighted by atomic mass is 32.2. The molecule has 168 valence electrons. The van der Waals surface area contributed by atoms with Crippen molar-refractivity contribution in [2.24, 2.45) is 0 Å². The predicted octanol–water partition coefficient (Wildman–Crippen LogP) is 3.05. The smallest absolute Gasteiger partial charge is 0.305 e. The third kappa shape index (κ3) is 6.41. The zero-order valence-electron chi connectivity index (χ0n) is 17.8. The highest BCUT2D eigenvalue weighted by Crippen LogP contribution is 2.33. The van der Waals surface area contributed by atoms with E-state index >= 15 is 0 Å². The van der Waals surface area contributed by atoms with Gasteiger partial charge in [0.1, 0.15) is 5.75 Å². The fourth-order valence-electron chi connectivity index (χ4n) is 2.78. The van der Waals surface area contributed by atoms with E-state index in [0.29, 0.717) is 33.8 Å². The Hall–Kier alpha value is -3.18. The summed E-state index contributed by atoms with van der Waals surface area (Å²) in [5.74, 6) is 0.171. The van der Waals surface area contributed by atoms with E-state index in [1.54, 1.807) is 14.0 Å². The molecule has 0 aliphatic rings. The quantitative estimate of drug-likeness (QED) is 0.276. The lowest BCUT2D eigenvalue weighted by atomic mass is 10.1. The van der Waals surface area contributed by atoms with E-state index in [0.717, 1.165) is 22.2 Å². The number of aryl methyl sites for hydroxylation is 2. The van der Waals surface area contributed by atoms with Crippen LogP contribution in [0.3, 0.4) is 0 Å². The van der Waals surface area contributed by atoms with Crippen LogP contribution in [0.25, 0.3) is 11.3 Å². The number of ether oxygens (including phenoxy) is 2. The Morgan fingerprint density at radius 2 is 1.94 bits per heavy atom. The molecule has 11 heteroatoms. The van der Waals surface area contributed by atoms with Gasteiger partial charge in [-0.1, -0.05) is 11.8 Å². The highest BCUT2D eigenvalue weighted by molar-refractivity contribution is 7.99. The molecule has 3 aromatic rings. The van der Waals surface area contributed by atoms with Gasteiger partial charge in [-0.05, 0) is 37.6 Å². The third-order valence-electron chi connectivity index (χ3n) is 4.28. The molecule has 0 spiro atoms. The summed E-state index contributed by atoms with van der Waals surface area (Å²) in [6.45, 7) is 1.71. The lowest BCUT2D eigenvalue weighted by Crippen LogP contribution is -2.15. The van der Waals surface area contributed by atoms with Crippen LogP contribution < -0.4 is 15.6 Å². The second kappa shape index (κ2) is 10.9. The number of aromatic amines is 1. The number of H-pyrrole nitrogens is 1. The Kier molecular flexibility index (Phi) is 8.01. The van der Waals surface area contributed by atoms with Crippen molar-refractivity contribution >= 4 is 40.1 Å². The number of nitrogens with zero attached hydrogens (tertiary/aromatic N) is 2. The molecule has 9 nitrogen and oxygen atoms in total. The SMILES string of the molecule is COC(=O)CCc1sc(NC(=O)CSc2nc(C)cc(=O)[nH]2)nc1-c1ccc(OC)cc1. The Balaban J connectivity index is 1.74. The molecule has 32 heavy (non-hydrogen) atoms. The first-order chi connectivity index (χ1) is 15.4. The first-order valence-corrected chi connectivity index (χ1v) is 11.4. The van der Waals surface area contributed by atoms with Crippen molar-refractivity contribution in [3.8, 4) is 17.0 Å². The van der Waals surface area contributed by atoms with Crippen molar-refractivity contribution in [1.29, 1.82) is 0 Å². The maximum Gasteiger partial charge on any atom is 0.305 e. The van der Waals surface area contributed by atoms with E-state index in [1.807, 2.05) is 24.3 Å². The van der Waals surface area contributed by atoms with Gasteiger partial charge in [0.05, 0.1) is 32.1 Å². The number of rotatable bonds is 9. The molecule has 0 unspecified atom stereocenters. The first kappa shape index (κ1) is 23.5. The zero-order valence-corrected chi connectivity index (χ0v) is 19.4. The molecule has 2 aromatic heterocycles. The number of amides is 1. The normalized spacial score (nSPS) is 10.6. The summed E-state index contributed by atoms with van der Waals surface area (Å²) >= 11 is 2.43. The van der Waals surface area contributed by atoms with Crippen LogP contribution in [0.4, 0.5) is 5.13 Å². The summed E-state index contributed by atoms with van der Waals surface area (Å²) in [7, 11) is 2.94. The van der Waals surface area contributed by atoms with Gasteiger partial charge >= 0.3 is 5.97 Å². The average Bonchev–Trinajstić information content (AvgIpc) is 3.17. The van der Waals surface area contributed by atoms with E-state index < -0.39 is 0 Å². The fourth-order valence-corrected chi connectivity index (χ4v) is 4.50. The molecule has 2 N–H and O–H groups in total. The molecular formula is C21H22N4O5S2. The van der Waals surface area contributed by atoms with E-state index in [2.05, 4.69) is 20.3 Å². The molecule has 0 bridgehead atoms. The summed E-state index contributed by atoms with van der Waals surface area (Å²) in [6.07, 6.45) is 0.641. The van der Waals surface area contributed by atoms with Gasteiger partial charge in [-0.15, -0.1) is 11.3 Å².